The molecule has 0 radical (unpaired) electrons. The number of thioether (sulfide) groups is 1. The molecular formula is C13H16ClN3O3S. The van der Waals surface area contributed by atoms with Gasteiger partial charge in [-0.3, -0.25) is 14.9 Å². The number of nitrogens with one attached hydrogen (secondary N) is 1. The zero-order chi connectivity index (χ0) is 15.5. The van der Waals surface area contributed by atoms with E-state index < -0.39 is 16.5 Å². The van der Waals surface area contributed by atoms with Gasteiger partial charge in [-0.1, -0.05) is 24.4 Å². The molecule has 0 aliphatic heterocycles. The SMILES string of the molecule is CSC1(CNC(=O)c2ccnc(Cl)c2[N+](=O)[O-])CCCC1. The summed E-state index contributed by atoms with van der Waals surface area (Å²) in [7, 11) is 0. The molecule has 1 fully saturated rings. The molecule has 21 heavy (non-hydrogen) atoms. The minimum atomic E-state index is -0.676. The van der Waals surface area contributed by atoms with Crippen molar-refractivity contribution in [2.24, 2.45) is 0 Å². The highest BCUT2D eigenvalue weighted by molar-refractivity contribution is 8.00. The zero-order valence-corrected chi connectivity index (χ0v) is 13.2. The first kappa shape index (κ1) is 16.0. The maximum atomic E-state index is 12.2. The first-order valence-electron chi connectivity index (χ1n) is 6.61. The van der Waals surface area contributed by atoms with E-state index in [0.717, 1.165) is 25.7 Å². The number of halogens is 1. The number of aromatic nitrogens is 1. The highest BCUT2D eigenvalue weighted by atomic mass is 35.5. The van der Waals surface area contributed by atoms with Crippen molar-refractivity contribution >= 4 is 35.0 Å². The van der Waals surface area contributed by atoms with E-state index in [1.165, 1.54) is 12.3 Å². The number of amides is 1. The van der Waals surface area contributed by atoms with Crippen molar-refractivity contribution in [1.82, 2.24) is 10.3 Å². The number of carbonyl (C=O) groups is 1. The molecule has 0 spiro atoms. The molecular weight excluding hydrogens is 314 g/mol. The molecule has 0 saturated heterocycles. The van der Waals surface area contributed by atoms with Crippen molar-refractivity contribution in [3.05, 3.63) is 33.1 Å². The highest BCUT2D eigenvalue weighted by Gasteiger charge is 2.34. The quantitative estimate of drug-likeness (QED) is 0.510. The number of carbonyl (C=O) groups excluding carboxylic acids is 1. The van der Waals surface area contributed by atoms with Crippen molar-refractivity contribution in [3.8, 4) is 0 Å². The van der Waals surface area contributed by atoms with Crippen molar-refractivity contribution in [2.45, 2.75) is 30.4 Å². The van der Waals surface area contributed by atoms with Gasteiger partial charge in [0.1, 0.15) is 5.56 Å². The number of rotatable bonds is 5. The minimum absolute atomic E-state index is 0.0429. The maximum absolute atomic E-state index is 12.2. The van der Waals surface area contributed by atoms with Gasteiger partial charge in [0.2, 0.25) is 5.15 Å². The Kier molecular flexibility index (Phi) is 5.05. The monoisotopic (exact) mass is 329 g/mol. The Morgan fingerprint density at radius 3 is 2.81 bits per heavy atom. The Hall–Kier alpha value is -1.34. The van der Waals surface area contributed by atoms with Crippen LogP contribution < -0.4 is 5.32 Å². The lowest BCUT2D eigenvalue weighted by atomic mass is 10.1. The van der Waals surface area contributed by atoms with Gasteiger partial charge in [0, 0.05) is 17.5 Å². The average Bonchev–Trinajstić information content (AvgIpc) is 2.93. The maximum Gasteiger partial charge on any atom is 0.319 e. The molecule has 114 valence electrons. The summed E-state index contributed by atoms with van der Waals surface area (Å²) in [6.45, 7) is 0.504. The number of hydrogen-bond donors (Lipinski definition) is 1. The van der Waals surface area contributed by atoms with Gasteiger partial charge in [-0.25, -0.2) is 4.98 Å². The van der Waals surface area contributed by atoms with E-state index in [4.69, 9.17) is 11.6 Å². The Morgan fingerprint density at radius 2 is 2.24 bits per heavy atom. The van der Waals surface area contributed by atoms with Crippen LogP contribution in [0.15, 0.2) is 12.3 Å². The number of hydrogen-bond acceptors (Lipinski definition) is 5. The summed E-state index contributed by atoms with van der Waals surface area (Å²) < 4.78 is 0.0429. The van der Waals surface area contributed by atoms with Crippen LogP contribution in [0.5, 0.6) is 0 Å². The van der Waals surface area contributed by atoms with Crippen molar-refractivity contribution < 1.29 is 9.72 Å². The summed E-state index contributed by atoms with van der Waals surface area (Å²) in [5.41, 5.74) is -0.490. The fourth-order valence-corrected chi connectivity index (χ4v) is 3.73. The molecule has 1 aliphatic carbocycles. The lowest BCUT2D eigenvalue weighted by molar-refractivity contribution is -0.385. The topological polar surface area (TPSA) is 85.1 Å². The molecule has 1 heterocycles. The fourth-order valence-electron chi connectivity index (χ4n) is 2.59. The van der Waals surface area contributed by atoms with E-state index >= 15 is 0 Å². The summed E-state index contributed by atoms with van der Waals surface area (Å²) >= 11 is 7.46. The number of nitro groups is 1. The second-order valence-electron chi connectivity index (χ2n) is 5.03. The smallest absolute Gasteiger partial charge is 0.319 e. The summed E-state index contributed by atoms with van der Waals surface area (Å²) in [6.07, 6.45) is 7.73. The van der Waals surface area contributed by atoms with Gasteiger partial charge in [-0.2, -0.15) is 11.8 Å². The molecule has 1 saturated carbocycles. The lowest BCUT2D eigenvalue weighted by Gasteiger charge is -2.26. The third-order valence-electron chi connectivity index (χ3n) is 3.83. The molecule has 8 heteroatoms. The number of nitrogens with zero attached hydrogens (tertiary/aromatic N) is 2. The lowest BCUT2D eigenvalue weighted by Crippen LogP contribution is -2.38. The molecule has 0 bridgehead atoms. The van der Waals surface area contributed by atoms with Crippen LogP contribution in [0, 0.1) is 10.1 Å². The van der Waals surface area contributed by atoms with Crippen LogP contribution in [-0.4, -0.2) is 33.4 Å². The minimum Gasteiger partial charge on any atom is -0.350 e. The summed E-state index contributed by atoms with van der Waals surface area (Å²) in [6, 6.07) is 1.32. The second-order valence-corrected chi connectivity index (χ2v) is 6.66. The van der Waals surface area contributed by atoms with Crippen molar-refractivity contribution in [1.29, 1.82) is 0 Å². The summed E-state index contributed by atoms with van der Waals surface area (Å²) in [5.74, 6) is -0.480. The van der Waals surface area contributed by atoms with Crippen LogP contribution in [0.4, 0.5) is 5.69 Å². The van der Waals surface area contributed by atoms with Gasteiger partial charge in [0.25, 0.3) is 5.91 Å². The van der Waals surface area contributed by atoms with E-state index in [-0.39, 0.29) is 15.5 Å². The van der Waals surface area contributed by atoms with Gasteiger partial charge in [0.15, 0.2) is 0 Å². The molecule has 1 aromatic heterocycles. The van der Waals surface area contributed by atoms with Crippen LogP contribution >= 0.6 is 23.4 Å². The Bertz CT molecular complexity index is 562. The molecule has 6 nitrogen and oxygen atoms in total. The average molecular weight is 330 g/mol. The molecule has 1 aromatic rings. The summed E-state index contributed by atoms with van der Waals surface area (Å²) in [4.78, 5) is 26.2. The standard InChI is InChI=1S/C13H16ClN3O3S/c1-21-13(5-2-3-6-13)8-16-12(18)9-4-7-15-11(14)10(9)17(19)20/h4,7H,2-3,5-6,8H2,1H3,(H,16,18). The van der Waals surface area contributed by atoms with E-state index in [0.29, 0.717) is 6.54 Å². The highest BCUT2D eigenvalue weighted by Crippen LogP contribution is 2.39. The van der Waals surface area contributed by atoms with Crippen molar-refractivity contribution in [2.75, 3.05) is 12.8 Å². The van der Waals surface area contributed by atoms with Crippen molar-refractivity contribution in [3.63, 3.8) is 0 Å². The van der Waals surface area contributed by atoms with E-state index in [9.17, 15) is 14.9 Å². The third-order valence-corrected chi connectivity index (χ3v) is 5.52. The molecule has 0 unspecified atom stereocenters. The van der Waals surface area contributed by atoms with Gasteiger partial charge in [-0.15, -0.1) is 0 Å². The van der Waals surface area contributed by atoms with Gasteiger partial charge in [-0.05, 0) is 25.2 Å². The Labute approximate surface area is 131 Å². The molecule has 0 atom stereocenters. The zero-order valence-electron chi connectivity index (χ0n) is 11.6. The van der Waals surface area contributed by atoms with E-state index in [1.807, 2.05) is 6.26 Å². The molecule has 1 aliphatic rings. The van der Waals surface area contributed by atoms with Gasteiger partial charge < -0.3 is 5.32 Å². The second kappa shape index (κ2) is 6.62. The predicted octanol–water partition coefficient (Wildman–Crippen LogP) is 3.05. The normalized spacial score (nSPS) is 16.7. The third kappa shape index (κ3) is 3.47. The molecule has 0 aromatic carbocycles. The fraction of sp³-hybridized carbons (Fsp3) is 0.538. The number of pyridine rings is 1. The van der Waals surface area contributed by atoms with Gasteiger partial charge >= 0.3 is 5.69 Å². The Balaban J connectivity index is 2.14. The van der Waals surface area contributed by atoms with Crippen LogP contribution in [-0.2, 0) is 0 Å². The molecule has 1 amide bonds. The van der Waals surface area contributed by atoms with Crippen LogP contribution in [0.25, 0.3) is 0 Å². The first-order chi connectivity index (χ1) is 9.99. The first-order valence-corrected chi connectivity index (χ1v) is 8.21. The molecule has 1 N–H and O–H groups in total. The van der Waals surface area contributed by atoms with Crippen LogP contribution in [0.2, 0.25) is 5.15 Å². The van der Waals surface area contributed by atoms with Gasteiger partial charge in [0.05, 0.1) is 4.92 Å². The van der Waals surface area contributed by atoms with E-state index in [1.54, 1.807) is 11.8 Å². The predicted molar refractivity (Wildman–Crippen MR) is 82.9 cm³/mol. The summed E-state index contributed by atoms with van der Waals surface area (Å²) in [5, 5.41) is 13.6. The molecule has 2 rings (SSSR count). The van der Waals surface area contributed by atoms with Crippen LogP contribution in [0.1, 0.15) is 36.0 Å². The van der Waals surface area contributed by atoms with E-state index in [2.05, 4.69) is 10.3 Å². The largest absolute Gasteiger partial charge is 0.350 e. The Morgan fingerprint density at radius 1 is 1.57 bits per heavy atom. The van der Waals surface area contributed by atoms with Crippen LogP contribution in [0.3, 0.4) is 0 Å².